The van der Waals surface area contributed by atoms with Crippen molar-refractivity contribution in [2.45, 2.75) is 25.7 Å². The van der Waals surface area contributed by atoms with Crippen LogP contribution >= 0.6 is 0 Å². The van der Waals surface area contributed by atoms with Gasteiger partial charge < -0.3 is 24.8 Å². The summed E-state index contributed by atoms with van der Waals surface area (Å²) >= 11 is 0. The highest BCUT2D eigenvalue weighted by Gasteiger charge is 2.31. The Bertz CT molecular complexity index is 875. The molecule has 9 nitrogen and oxygen atoms in total. The van der Waals surface area contributed by atoms with E-state index < -0.39 is 12.0 Å². The fourth-order valence-corrected chi connectivity index (χ4v) is 2.92. The van der Waals surface area contributed by atoms with Crippen molar-refractivity contribution in [1.82, 2.24) is 15.5 Å². The van der Waals surface area contributed by atoms with Gasteiger partial charge in [0.1, 0.15) is 12.2 Å². The maximum atomic E-state index is 12.3. The molecule has 0 radical (unpaired) electrons. The molecular formula is C18H20N4O5. The molecule has 0 unspecified atom stereocenters. The van der Waals surface area contributed by atoms with Gasteiger partial charge in [0.15, 0.2) is 11.5 Å². The van der Waals surface area contributed by atoms with Crippen LogP contribution in [0.3, 0.4) is 0 Å². The lowest BCUT2D eigenvalue weighted by atomic mass is 10.1. The number of amides is 2. The van der Waals surface area contributed by atoms with Crippen LogP contribution in [0.1, 0.15) is 31.4 Å². The molecule has 1 saturated carbocycles. The molecule has 0 saturated heterocycles. The summed E-state index contributed by atoms with van der Waals surface area (Å²) < 4.78 is 15.6. The van der Waals surface area contributed by atoms with Gasteiger partial charge in [0.05, 0.1) is 18.0 Å². The van der Waals surface area contributed by atoms with Crippen molar-refractivity contribution >= 4 is 17.7 Å². The van der Waals surface area contributed by atoms with Crippen molar-refractivity contribution in [1.29, 1.82) is 0 Å². The highest BCUT2D eigenvalue weighted by Crippen LogP contribution is 2.46. The predicted octanol–water partition coefficient (Wildman–Crippen LogP) is 2.37. The molecule has 1 aromatic carbocycles. The summed E-state index contributed by atoms with van der Waals surface area (Å²) in [6, 6.07) is 5.01. The number of carbonyl (C=O) groups is 2. The summed E-state index contributed by atoms with van der Waals surface area (Å²) in [7, 11) is 0. The minimum Gasteiger partial charge on any atom is -0.465 e. The van der Waals surface area contributed by atoms with Crippen molar-refractivity contribution in [3.05, 3.63) is 23.9 Å². The second kappa shape index (κ2) is 7.18. The van der Waals surface area contributed by atoms with E-state index in [0.29, 0.717) is 28.8 Å². The summed E-state index contributed by atoms with van der Waals surface area (Å²) in [6.45, 7) is 1.97. The van der Waals surface area contributed by atoms with Gasteiger partial charge in [0.2, 0.25) is 6.79 Å². The van der Waals surface area contributed by atoms with Crippen LogP contribution in [0.25, 0.3) is 11.3 Å². The SMILES string of the molecule is CCOC(=O)CNC(=O)Nc1c(-c2ccc3c(c2)OCO3)n[nH]c1C1CC1. The Hall–Kier alpha value is -3.23. The largest absolute Gasteiger partial charge is 0.465 e. The average Bonchev–Trinajstić information content (AvgIpc) is 3.25. The molecule has 9 heteroatoms. The number of nitrogens with zero attached hydrogens (tertiary/aromatic N) is 1. The maximum absolute atomic E-state index is 12.3. The number of hydrogen-bond acceptors (Lipinski definition) is 6. The van der Waals surface area contributed by atoms with Crippen LogP contribution in [-0.4, -0.2) is 42.1 Å². The Balaban J connectivity index is 1.55. The number of fused-ring (bicyclic) bond motifs is 1. The topological polar surface area (TPSA) is 115 Å². The summed E-state index contributed by atoms with van der Waals surface area (Å²) in [6.07, 6.45) is 2.09. The van der Waals surface area contributed by atoms with E-state index in [2.05, 4.69) is 20.8 Å². The van der Waals surface area contributed by atoms with Crippen molar-refractivity contribution in [3.8, 4) is 22.8 Å². The maximum Gasteiger partial charge on any atom is 0.325 e. The first kappa shape index (κ1) is 17.2. The summed E-state index contributed by atoms with van der Waals surface area (Å²) in [5.74, 6) is 1.18. The van der Waals surface area contributed by atoms with Crippen molar-refractivity contribution in [2.24, 2.45) is 0 Å². The molecule has 2 aromatic rings. The van der Waals surface area contributed by atoms with Gasteiger partial charge in [-0.3, -0.25) is 9.89 Å². The minimum atomic E-state index is -0.492. The third-order valence-corrected chi connectivity index (χ3v) is 4.36. The molecular weight excluding hydrogens is 352 g/mol. The number of carbonyl (C=O) groups excluding carboxylic acids is 2. The van der Waals surface area contributed by atoms with Gasteiger partial charge in [-0.2, -0.15) is 5.10 Å². The van der Waals surface area contributed by atoms with Gasteiger partial charge in [-0.1, -0.05) is 0 Å². The second-order valence-electron chi connectivity index (χ2n) is 6.32. The van der Waals surface area contributed by atoms with Gasteiger partial charge in [-0.05, 0) is 38.0 Å². The first-order chi connectivity index (χ1) is 13.2. The normalized spacial score (nSPS) is 14.7. The molecule has 0 atom stereocenters. The third-order valence-electron chi connectivity index (χ3n) is 4.36. The van der Waals surface area contributed by atoms with Crippen LogP contribution in [0.4, 0.5) is 10.5 Å². The molecule has 2 amide bonds. The van der Waals surface area contributed by atoms with E-state index in [1.165, 1.54) is 0 Å². The summed E-state index contributed by atoms with van der Waals surface area (Å²) in [4.78, 5) is 23.7. The number of rotatable bonds is 6. The molecule has 2 aliphatic rings. The molecule has 1 aliphatic heterocycles. The van der Waals surface area contributed by atoms with Gasteiger partial charge in [0, 0.05) is 11.5 Å². The Kier molecular flexibility index (Phi) is 4.57. The van der Waals surface area contributed by atoms with E-state index in [9.17, 15) is 9.59 Å². The van der Waals surface area contributed by atoms with Crippen molar-refractivity contribution < 1.29 is 23.8 Å². The lowest BCUT2D eigenvalue weighted by Crippen LogP contribution is -2.34. The van der Waals surface area contributed by atoms with Gasteiger partial charge in [-0.15, -0.1) is 0 Å². The Morgan fingerprint density at radius 1 is 1.30 bits per heavy atom. The number of ether oxygens (including phenoxy) is 3. The van der Waals surface area contributed by atoms with E-state index in [1.807, 2.05) is 18.2 Å². The average molecular weight is 372 g/mol. The lowest BCUT2D eigenvalue weighted by Gasteiger charge is -2.10. The molecule has 0 bridgehead atoms. The van der Waals surface area contributed by atoms with Crippen LogP contribution < -0.4 is 20.1 Å². The molecule has 1 aliphatic carbocycles. The van der Waals surface area contributed by atoms with Crippen LogP contribution in [0.15, 0.2) is 18.2 Å². The van der Waals surface area contributed by atoms with E-state index in [4.69, 9.17) is 14.2 Å². The fraction of sp³-hybridized carbons (Fsp3) is 0.389. The monoisotopic (exact) mass is 372 g/mol. The molecule has 4 rings (SSSR count). The first-order valence-electron chi connectivity index (χ1n) is 8.84. The Morgan fingerprint density at radius 2 is 2.11 bits per heavy atom. The zero-order valence-corrected chi connectivity index (χ0v) is 14.8. The number of hydrogen-bond donors (Lipinski definition) is 3. The first-order valence-corrected chi connectivity index (χ1v) is 8.84. The van der Waals surface area contributed by atoms with Crippen LogP contribution in [0.2, 0.25) is 0 Å². The van der Waals surface area contributed by atoms with E-state index >= 15 is 0 Å². The Morgan fingerprint density at radius 3 is 2.89 bits per heavy atom. The van der Waals surface area contributed by atoms with Crippen molar-refractivity contribution in [3.63, 3.8) is 0 Å². The zero-order chi connectivity index (χ0) is 18.8. The summed E-state index contributed by atoms with van der Waals surface area (Å²) in [5, 5.41) is 12.8. The molecule has 2 heterocycles. The van der Waals surface area contributed by atoms with Gasteiger partial charge in [-0.25, -0.2) is 4.79 Å². The fourth-order valence-electron chi connectivity index (χ4n) is 2.92. The van der Waals surface area contributed by atoms with Gasteiger partial charge >= 0.3 is 12.0 Å². The number of nitrogens with one attached hydrogen (secondary N) is 3. The molecule has 27 heavy (non-hydrogen) atoms. The zero-order valence-electron chi connectivity index (χ0n) is 14.8. The molecule has 1 fully saturated rings. The summed E-state index contributed by atoms with van der Waals surface area (Å²) in [5.41, 5.74) is 2.90. The van der Waals surface area contributed by atoms with Crippen LogP contribution in [0, 0.1) is 0 Å². The van der Waals surface area contributed by atoms with E-state index in [0.717, 1.165) is 24.1 Å². The smallest absolute Gasteiger partial charge is 0.325 e. The van der Waals surface area contributed by atoms with E-state index in [-0.39, 0.29) is 19.9 Å². The van der Waals surface area contributed by atoms with Gasteiger partial charge in [0.25, 0.3) is 0 Å². The molecule has 142 valence electrons. The number of esters is 1. The highest BCUT2D eigenvalue weighted by molar-refractivity contribution is 5.96. The predicted molar refractivity (Wildman–Crippen MR) is 95.8 cm³/mol. The second-order valence-corrected chi connectivity index (χ2v) is 6.32. The highest BCUT2D eigenvalue weighted by atomic mass is 16.7. The van der Waals surface area contributed by atoms with Crippen LogP contribution in [0.5, 0.6) is 11.5 Å². The molecule has 3 N–H and O–H groups in total. The standard InChI is InChI=1S/C18H20N4O5/c1-2-25-14(23)8-19-18(24)20-17-15(10-3-4-10)21-22-16(17)11-5-6-12-13(7-11)27-9-26-12/h5-7,10H,2-4,8-9H2,1H3,(H,21,22)(H2,19,20,24). The molecule has 1 aromatic heterocycles. The third kappa shape index (κ3) is 3.67. The Labute approximate surface area is 155 Å². The molecule has 0 spiro atoms. The lowest BCUT2D eigenvalue weighted by molar-refractivity contribution is -0.141. The number of aromatic nitrogens is 2. The van der Waals surface area contributed by atoms with Crippen LogP contribution in [-0.2, 0) is 9.53 Å². The number of anilines is 1. The van der Waals surface area contributed by atoms with Crippen molar-refractivity contribution in [2.75, 3.05) is 25.3 Å². The number of benzene rings is 1. The minimum absolute atomic E-state index is 0.189. The number of H-pyrrole nitrogens is 1. The number of aromatic amines is 1. The number of urea groups is 1. The quantitative estimate of drug-likeness (QED) is 0.671. The van der Waals surface area contributed by atoms with E-state index in [1.54, 1.807) is 6.92 Å².